The molecule has 1 aromatic carbocycles. The highest BCUT2D eigenvalue weighted by molar-refractivity contribution is 7.18. The number of carbonyl (C=O) groups excluding carboxylic acids is 1. The molecule has 31 heavy (non-hydrogen) atoms. The summed E-state index contributed by atoms with van der Waals surface area (Å²) < 4.78 is 12.2. The van der Waals surface area contributed by atoms with Crippen molar-refractivity contribution in [2.45, 2.75) is 13.0 Å². The Labute approximate surface area is 188 Å². The van der Waals surface area contributed by atoms with Crippen LogP contribution in [0.3, 0.4) is 0 Å². The molecular formula is C22H22ClN3O4S. The van der Waals surface area contributed by atoms with E-state index in [0.29, 0.717) is 28.7 Å². The molecule has 0 N–H and O–H groups in total. The summed E-state index contributed by atoms with van der Waals surface area (Å²) in [6, 6.07) is 9.64. The average molecular weight is 460 g/mol. The van der Waals surface area contributed by atoms with E-state index in [1.54, 1.807) is 6.08 Å². The third-order valence-corrected chi connectivity index (χ3v) is 6.22. The second-order valence-corrected chi connectivity index (χ2v) is 8.61. The van der Waals surface area contributed by atoms with Crippen molar-refractivity contribution in [2.75, 3.05) is 32.8 Å². The summed E-state index contributed by atoms with van der Waals surface area (Å²) >= 11 is 7.34. The molecule has 3 heterocycles. The fraction of sp³-hybridized carbons (Fsp3) is 0.318. The highest BCUT2D eigenvalue weighted by Crippen LogP contribution is 2.20. The Morgan fingerprint density at radius 3 is 2.94 bits per heavy atom. The van der Waals surface area contributed by atoms with Crippen LogP contribution in [0.1, 0.15) is 27.9 Å². The van der Waals surface area contributed by atoms with Crippen LogP contribution >= 0.6 is 22.9 Å². The van der Waals surface area contributed by atoms with Gasteiger partial charge in [0.15, 0.2) is 4.96 Å². The van der Waals surface area contributed by atoms with E-state index in [1.165, 1.54) is 10.6 Å². The monoisotopic (exact) mass is 459 g/mol. The first-order valence-electron chi connectivity index (χ1n) is 9.97. The number of benzene rings is 1. The molecule has 0 spiro atoms. The summed E-state index contributed by atoms with van der Waals surface area (Å²) in [4.78, 5) is 32.4. The lowest BCUT2D eigenvalue weighted by Crippen LogP contribution is -2.42. The van der Waals surface area contributed by atoms with E-state index in [9.17, 15) is 9.59 Å². The Balaban J connectivity index is 1.47. The molecule has 2 aromatic heterocycles. The van der Waals surface area contributed by atoms with Gasteiger partial charge in [0.2, 0.25) is 0 Å². The Kier molecular flexibility index (Phi) is 6.82. The minimum Gasteiger partial charge on any atom is -0.460 e. The standard InChI is InChI=1S/C22H22ClN3O4S/c1-15-13-25(9-11-29-15)10-12-30-21(28)18-14-26-20(27)19(23)17(24-22(26)31-18)8-7-16-5-3-2-4-6-16/h2-8,14-15H,9-13H2,1H3. The van der Waals surface area contributed by atoms with E-state index < -0.39 is 11.5 Å². The topological polar surface area (TPSA) is 73.1 Å². The molecule has 0 amide bonds. The smallest absolute Gasteiger partial charge is 0.350 e. The number of hydrogen-bond acceptors (Lipinski definition) is 7. The highest BCUT2D eigenvalue weighted by atomic mass is 35.5. The molecule has 162 valence electrons. The van der Waals surface area contributed by atoms with Gasteiger partial charge in [0.1, 0.15) is 16.5 Å². The molecule has 0 aliphatic carbocycles. The van der Waals surface area contributed by atoms with Crippen LogP contribution in [0, 0.1) is 0 Å². The van der Waals surface area contributed by atoms with Crippen LogP contribution in [-0.4, -0.2) is 59.2 Å². The van der Waals surface area contributed by atoms with Gasteiger partial charge in [-0.15, -0.1) is 0 Å². The first-order valence-corrected chi connectivity index (χ1v) is 11.2. The molecule has 1 aliphatic heterocycles. The van der Waals surface area contributed by atoms with Gasteiger partial charge in [0, 0.05) is 25.8 Å². The van der Waals surface area contributed by atoms with Gasteiger partial charge >= 0.3 is 5.97 Å². The average Bonchev–Trinajstić information content (AvgIpc) is 3.20. The van der Waals surface area contributed by atoms with Gasteiger partial charge in [-0.2, -0.15) is 0 Å². The SMILES string of the molecule is CC1CN(CCOC(=O)c2cn3c(=O)c(Cl)c(C=Cc4ccccc4)nc3s2)CCO1. The number of rotatable bonds is 6. The summed E-state index contributed by atoms with van der Waals surface area (Å²) in [5.41, 5.74) is 0.904. The molecule has 4 rings (SSSR count). The van der Waals surface area contributed by atoms with Crippen LogP contribution in [0.4, 0.5) is 0 Å². The largest absolute Gasteiger partial charge is 0.460 e. The number of hydrogen-bond donors (Lipinski definition) is 0. The number of aromatic nitrogens is 2. The molecule has 1 fully saturated rings. The number of fused-ring (bicyclic) bond motifs is 1. The van der Waals surface area contributed by atoms with Crippen molar-refractivity contribution in [3.8, 4) is 0 Å². The van der Waals surface area contributed by atoms with Crippen molar-refractivity contribution in [3.63, 3.8) is 0 Å². The minimum absolute atomic E-state index is 0.00355. The third-order valence-electron chi connectivity index (χ3n) is 4.90. The zero-order valence-corrected chi connectivity index (χ0v) is 18.6. The van der Waals surface area contributed by atoms with Crippen LogP contribution in [0.15, 0.2) is 41.3 Å². The summed E-state index contributed by atoms with van der Waals surface area (Å²) in [6.07, 6.45) is 5.14. The zero-order chi connectivity index (χ0) is 21.8. The van der Waals surface area contributed by atoms with Crippen LogP contribution < -0.4 is 5.56 Å². The van der Waals surface area contributed by atoms with Crippen molar-refractivity contribution in [1.82, 2.24) is 14.3 Å². The van der Waals surface area contributed by atoms with Crippen LogP contribution in [0.5, 0.6) is 0 Å². The summed E-state index contributed by atoms with van der Waals surface area (Å²) in [7, 11) is 0. The van der Waals surface area contributed by atoms with Gasteiger partial charge in [-0.1, -0.05) is 59.3 Å². The molecule has 1 saturated heterocycles. The predicted octanol–water partition coefficient (Wildman–Crippen LogP) is 3.46. The number of halogens is 1. The van der Waals surface area contributed by atoms with Gasteiger partial charge in [-0.25, -0.2) is 9.78 Å². The van der Waals surface area contributed by atoms with Gasteiger partial charge in [-0.05, 0) is 18.6 Å². The molecule has 1 unspecified atom stereocenters. The second kappa shape index (κ2) is 9.74. The van der Waals surface area contributed by atoms with Crippen molar-refractivity contribution in [2.24, 2.45) is 0 Å². The highest BCUT2D eigenvalue weighted by Gasteiger charge is 2.19. The van der Waals surface area contributed by atoms with Crippen LogP contribution in [-0.2, 0) is 9.47 Å². The number of carbonyl (C=O) groups is 1. The molecule has 3 aromatic rings. The maximum Gasteiger partial charge on any atom is 0.350 e. The van der Waals surface area contributed by atoms with Crippen LogP contribution in [0.25, 0.3) is 17.1 Å². The van der Waals surface area contributed by atoms with Gasteiger partial charge in [-0.3, -0.25) is 14.1 Å². The fourth-order valence-corrected chi connectivity index (χ4v) is 4.38. The first kappa shape index (κ1) is 21.7. The van der Waals surface area contributed by atoms with Crippen molar-refractivity contribution in [1.29, 1.82) is 0 Å². The Bertz CT molecular complexity index is 1160. The van der Waals surface area contributed by atoms with E-state index in [4.69, 9.17) is 21.1 Å². The van der Waals surface area contributed by atoms with Crippen molar-refractivity contribution < 1.29 is 14.3 Å². The van der Waals surface area contributed by atoms with Crippen molar-refractivity contribution in [3.05, 3.63) is 68.0 Å². The summed E-state index contributed by atoms with van der Waals surface area (Å²) in [5.74, 6) is -0.478. The lowest BCUT2D eigenvalue weighted by molar-refractivity contribution is -0.0246. The molecule has 9 heteroatoms. The number of ether oxygens (including phenoxy) is 2. The van der Waals surface area contributed by atoms with E-state index in [1.807, 2.05) is 43.3 Å². The molecule has 0 saturated carbocycles. The van der Waals surface area contributed by atoms with E-state index in [2.05, 4.69) is 9.88 Å². The number of nitrogens with zero attached hydrogens (tertiary/aromatic N) is 3. The van der Waals surface area contributed by atoms with E-state index in [-0.39, 0.29) is 17.7 Å². The predicted molar refractivity (Wildman–Crippen MR) is 122 cm³/mol. The fourth-order valence-electron chi connectivity index (χ4n) is 3.31. The molecule has 0 bridgehead atoms. The molecule has 0 radical (unpaired) electrons. The normalized spacial score (nSPS) is 17.4. The Morgan fingerprint density at radius 2 is 2.16 bits per heavy atom. The Morgan fingerprint density at radius 1 is 1.35 bits per heavy atom. The van der Waals surface area contributed by atoms with Gasteiger partial charge in [0.05, 0.1) is 18.4 Å². The second-order valence-electron chi connectivity index (χ2n) is 7.23. The molecule has 1 aliphatic rings. The number of morpholine rings is 1. The van der Waals surface area contributed by atoms with E-state index in [0.717, 1.165) is 30.0 Å². The Hall–Kier alpha value is -2.52. The molecule has 7 nitrogen and oxygen atoms in total. The maximum absolute atomic E-state index is 12.6. The summed E-state index contributed by atoms with van der Waals surface area (Å²) in [6.45, 7) is 5.26. The molecular weight excluding hydrogens is 438 g/mol. The first-order chi connectivity index (χ1) is 15.0. The number of esters is 1. The van der Waals surface area contributed by atoms with Crippen LogP contribution in [0.2, 0.25) is 5.02 Å². The van der Waals surface area contributed by atoms with Crippen molar-refractivity contribution >= 4 is 46.0 Å². The van der Waals surface area contributed by atoms with E-state index >= 15 is 0 Å². The zero-order valence-electron chi connectivity index (χ0n) is 17.0. The quantitative estimate of drug-likeness (QED) is 0.526. The molecule has 1 atom stereocenters. The lowest BCUT2D eigenvalue weighted by Gasteiger charge is -2.30. The number of thiazole rings is 1. The van der Waals surface area contributed by atoms with Gasteiger partial charge < -0.3 is 9.47 Å². The maximum atomic E-state index is 12.6. The minimum atomic E-state index is -0.478. The summed E-state index contributed by atoms with van der Waals surface area (Å²) in [5, 5.41) is 0.00355. The van der Waals surface area contributed by atoms with Gasteiger partial charge in [0.25, 0.3) is 5.56 Å². The lowest BCUT2D eigenvalue weighted by atomic mass is 10.2. The third kappa shape index (κ3) is 5.22.